The highest BCUT2D eigenvalue weighted by atomic mass is 16.2. The smallest absolute Gasteiger partial charge is 0.319 e. The van der Waals surface area contributed by atoms with E-state index in [9.17, 15) is 9.59 Å². The lowest BCUT2D eigenvalue weighted by Crippen LogP contribution is -2.43. The van der Waals surface area contributed by atoms with Crippen molar-refractivity contribution in [1.82, 2.24) is 10.6 Å². The fourth-order valence-corrected chi connectivity index (χ4v) is 2.92. The first-order chi connectivity index (χ1) is 10.6. The maximum Gasteiger partial charge on any atom is 0.319 e. The summed E-state index contributed by atoms with van der Waals surface area (Å²) < 4.78 is 0. The van der Waals surface area contributed by atoms with Crippen LogP contribution in [0.25, 0.3) is 0 Å². The normalized spacial score (nSPS) is 21.0. The average molecular weight is 303 g/mol. The number of rotatable bonds is 4. The topological polar surface area (TPSA) is 70.2 Å². The van der Waals surface area contributed by atoms with Crippen molar-refractivity contribution >= 4 is 17.6 Å². The zero-order chi connectivity index (χ0) is 15.9. The predicted octanol–water partition coefficient (Wildman–Crippen LogP) is 2.68. The molecule has 0 aromatic heterocycles. The highest BCUT2D eigenvalue weighted by Crippen LogP contribution is 2.24. The van der Waals surface area contributed by atoms with Gasteiger partial charge in [0.1, 0.15) is 0 Å². The van der Waals surface area contributed by atoms with Gasteiger partial charge in [0.25, 0.3) is 0 Å². The van der Waals surface area contributed by atoms with Gasteiger partial charge in [0, 0.05) is 18.8 Å². The number of nitrogens with one attached hydrogen (secondary N) is 3. The Kier molecular flexibility index (Phi) is 5.81. The molecule has 1 aliphatic carbocycles. The van der Waals surface area contributed by atoms with Gasteiger partial charge in [-0.05, 0) is 30.4 Å². The van der Waals surface area contributed by atoms with Gasteiger partial charge >= 0.3 is 6.03 Å². The maximum atomic E-state index is 12.2. The van der Waals surface area contributed by atoms with Crippen molar-refractivity contribution in [2.24, 2.45) is 5.92 Å². The van der Waals surface area contributed by atoms with Crippen LogP contribution in [0.4, 0.5) is 10.5 Å². The Bertz CT molecular complexity index is 530. The molecular weight excluding hydrogens is 278 g/mol. The second kappa shape index (κ2) is 7.82. The van der Waals surface area contributed by atoms with E-state index in [4.69, 9.17) is 0 Å². The van der Waals surface area contributed by atoms with Gasteiger partial charge in [0.2, 0.25) is 5.91 Å². The number of para-hydroxylation sites is 1. The van der Waals surface area contributed by atoms with Crippen molar-refractivity contribution in [3.63, 3.8) is 0 Å². The van der Waals surface area contributed by atoms with Crippen molar-refractivity contribution in [2.75, 3.05) is 12.4 Å². The quantitative estimate of drug-likeness (QED) is 0.800. The minimum absolute atomic E-state index is 0.0736. The second-order valence-corrected chi connectivity index (χ2v) is 5.97. The van der Waals surface area contributed by atoms with Crippen LogP contribution in [-0.4, -0.2) is 25.0 Å². The van der Waals surface area contributed by atoms with Crippen LogP contribution in [0.3, 0.4) is 0 Å². The van der Waals surface area contributed by atoms with Crippen LogP contribution in [-0.2, 0) is 11.2 Å². The van der Waals surface area contributed by atoms with Gasteiger partial charge in [-0.15, -0.1) is 0 Å². The van der Waals surface area contributed by atoms with Gasteiger partial charge < -0.3 is 16.0 Å². The zero-order valence-electron chi connectivity index (χ0n) is 13.3. The van der Waals surface area contributed by atoms with Crippen molar-refractivity contribution in [3.8, 4) is 0 Å². The zero-order valence-corrected chi connectivity index (χ0v) is 13.3. The van der Waals surface area contributed by atoms with Crippen LogP contribution >= 0.6 is 0 Å². The molecule has 2 atom stereocenters. The Labute approximate surface area is 131 Å². The molecule has 1 saturated carbocycles. The average Bonchev–Trinajstić information content (AvgIpc) is 2.51. The fourth-order valence-electron chi connectivity index (χ4n) is 2.92. The number of anilines is 1. The molecule has 120 valence electrons. The maximum absolute atomic E-state index is 12.2. The number of amides is 3. The minimum atomic E-state index is -0.192. The summed E-state index contributed by atoms with van der Waals surface area (Å²) in [5.74, 6) is 0.441. The number of carbonyl (C=O) groups excluding carboxylic acids is 2. The van der Waals surface area contributed by atoms with Crippen LogP contribution in [0.2, 0.25) is 0 Å². The van der Waals surface area contributed by atoms with E-state index in [1.54, 1.807) is 7.05 Å². The van der Waals surface area contributed by atoms with E-state index in [1.807, 2.05) is 24.3 Å². The molecule has 5 nitrogen and oxygen atoms in total. The Morgan fingerprint density at radius 1 is 1.18 bits per heavy atom. The molecule has 1 aromatic carbocycles. The van der Waals surface area contributed by atoms with Crippen LogP contribution in [0.1, 0.15) is 38.2 Å². The Balaban J connectivity index is 1.97. The first-order valence-corrected chi connectivity index (χ1v) is 7.96. The van der Waals surface area contributed by atoms with Gasteiger partial charge in [-0.3, -0.25) is 4.79 Å². The van der Waals surface area contributed by atoms with Gasteiger partial charge in [0.05, 0.1) is 6.42 Å². The van der Waals surface area contributed by atoms with Crippen LogP contribution in [0.5, 0.6) is 0 Å². The molecule has 3 N–H and O–H groups in total. The predicted molar refractivity (Wildman–Crippen MR) is 87.8 cm³/mol. The molecule has 0 unspecified atom stereocenters. The lowest BCUT2D eigenvalue weighted by atomic mass is 9.86. The molecule has 22 heavy (non-hydrogen) atoms. The lowest BCUT2D eigenvalue weighted by Gasteiger charge is -2.29. The molecular formula is C17H25N3O2. The van der Waals surface area contributed by atoms with Gasteiger partial charge in [0.15, 0.2) is 0 Å². The third-order valence-electron chi connectivity index (χ3n) is 4.32. The van der Waals surface area contributed by atoms with E-state index in [-0.39, 0.29) is 24.4 Å². The molecule has 1 fully saturated rings. The number of urea groups is 1. The SMILES string of the molecule is CNC(=O)Cc1ccccc1NC(=O)N[C@@H]1CCCC[C@H]1C. The summed E-state index contributed by atoms with van der Waals surface area (Å²) in [7, 11) is 1.61. The Hall–Kier alpha value is -2.04. The molecule has 0 spiro atoms. The third-order valence-corrected chi connectivity index (χ3v) is 4.32. The highest BCUT2D eigenvalue weighted by Gasteiger charge is 2.23. The first kappa shape index (κ1) is 16.3. The number of carbonyl (C=O) groups is 2. The van der Waals surface area contributed by atoms with E-state index in [0.717, 1.165) is 18.4 Å². The molecule has 2 rings (SSSR count). The third kappa shape index (κ3) is 4.48. The summed E-state index contributed by atoms with van der Waals surface area (Å²) in [4.78, 5) is 23.8. The van der Waals surface area contributed by atoms with E-state index >= 15 is 0 Å². The molecule has 0 radical (unpaired) electrons. The van der Waals surface area contributed by atoms with Gasteiger partial charge in [-0.1, -0.05) is 38.0 Å². The molecule has 5 heteroatoms. The van der Waals surface area contributed by atoms with E-state index in [1.165, 1.54) is 12.8 Å². The van der Waals surface area contributed by atoms with Crippen molar-refractivity contribution in [2.45, 2.75) is 45.1 Å². The molecule has 1 aromatic rings. The number of hydrogen-bond donors (Lipinski definition) is 3. The molecule has 0 saturated heterocycles. The summed E-state index contributed by atoms with van der Waals surface area (Å²) in [5, 5.41) is 8.54. The summed E-state index contributed by atoms with van der Waals surface area (Å²) in [6.45, 7) is 2.18. The lowest BCUT2D eigenvalue weighted by molar-refractivity contribution is -0.119. The van der Waals surface area contributed by atoms with Crippen LogP contribution < -0.4 is 16.0 Å². The summed E-state index contributed by atoms with van der Waals surface area (Å²) in [6, 6.07) is 7.44. The van der Waals surface area contributed by atoms with Crippen molar-refractivity contribution in [1.29, 1.82) is 0 Å². The largest absolute Gasteiger partial charge is 0.359 e. The summed E-state index contributed by atoms with van der Waals surface area (Å²) in [6.07, 6.45) is 4.87. The standard InChI is InChI=1S/C17H25N3O2/c1-12-7-3-5-9-14(12)19-17(22)20-15-10-6-4-8-13(15)11-16(21)18-2/h4,6,8,10,12,14H,3,5,7,9,11H2,1-2H3,(H,18,21)(H2,19,20,22)/t12-,14-/m1/s1. The van der Waals surface area contributed by atoms with Crippen molar-refractivity contribution < 1.29 is 9.59 Å². The summed E-state index contributed by atoms with van der Waals surface area (Å²) in [5.41, 5.74) is 1.50. The first-order valence-electron chi connectivity index (χ1n) is 7.96. The molecule has 0 heterocycles. The van der Waals surface area contributed by atoms with E-state index < -0.39 is 0 Å². The fraction of sp³-hybridized carbons (Fsp3) is 0.529. The van der Waals surface area contributed by atoms with Crippen LogP contribution in [0, 0.1) is 5.92 Å². The van der Waals surface area contributed by atoms with E-state index in [0.29, 0.717) is 11.6 Å². The Morgan fingerprint density at radius 3 is 2.64 bits per heavy atom. The van der Waals surface area contributed by atoms with E-state index in [2.05, 4.69) is 22.9 Å². The molecule has 3 amide bonds. The second-order valence-electron chi connectivity index (χ2n) is 5.97. The monoisotopic (exact) mass is 303 g/mol. The summed E-state index contributed by atoms with van der Waals surface area (Å²) >= 11 is 0. The van der Waals surface area contributed by atoms with Gasteiger partial charge in [-0.2, -0.15) is 0 Å². The van der Waals surface area contributed by atoms with Gasteiger partial charge in [-0.25, -0.2) is 4.79 Å². The molecule has 0 aliphatic heterocycles. The van der Waals surface area contributed by atoms with Crippen LogP contribution in [0.15, 0.2) is 24.3 Å². The number of benzene rings is 1. The Morgan fingerprint density at radius 2 is 1.91 bits per heavy atom. The number of hydrogen-bond acceptors (Lipinski definition) is 2. The number of likely N-dealkylation sites (N-methyl/N-ethyl adjacent to an activating group) is 1. The molecule has 0 bridgehead atoms. The minimum Gasteiger partial charge on any atom is -0.359 e. The molecule has 1 aliphatic rings. The van der Waals surface area contributed by atoms with Crippen molar-refractivity contribution in [3.05, 3.63) is 29.8 Å². The highest BCUT2D eigenvalue weighted by molar-refractivity contribution is 5.91.